The number of halogens is 1. The lowest BCUT2D eigenvalue weighted by Gasteiger charge is -2.14. The van der Waals surface area contributed by atoms with Crippen LogP contribution in [0.5, 0.6) is 11.5 Å². The molecule has 0 aliphatic carbocycles. The zero-order chi connectivity index (χ0) is 21.7. The van der Waals surface area contributed by atoms with Crippen LogP contribution in [0.25, 0.3) is 0 Å². The number of hydrogen-bond acceptors (Lipinski definition) is 8. The number of Topliss-reactive ketones (excluding diaryl/α,β-unsaturated/α-hetero) is 1. The fourth-order valence-corrected chi connectivity index (χ4v) is 3.45. The van der Waals surface area contributed by atoms with E-state index in [4.69, 9.17) is 30.2 Å². The van der Waals surface area contributed by atoms with Crippen molar-refractivity contribution in [2.24, 2.45) is 0 Å². The number of ether oxygens (including phenoxy) is 3. The van der Waals surface area contributed by atoms with Gasteiger partial charge in [0, 0.05) is 12.1 Å². The number of carbonyl (C=O) groups is 3. The number of hydrogen-bond donors (Lipinski definition) is 1. The van der Waals surface area contributed by atoms with Gasteiger partial charge in [-0.25, -0.2) is 4.79 Å². The molecule has 0 saturated heterocycles. The second-order valence-electron chi connectivity index (χ2n) is 5.79. The molecule has 1 N–H and O–H groups in total. The third kappa shape index (κ3) is 4.81. The summed E-state index contributed by atoms with van der Waals surface area (Å²) in [5, 5.41) is 2.57. The first-order chi connectivity index (χ1) is 14.4. The molecule has 0 fully saturated rings. The lowest BCUT2D eigenvalue weighted by Crippen LogP contribution is -2.18. The van der Waals surface area contributed by atoms with Crippen molar-refractivity contribution in [1.82, 2.24) is 0 Å². The lowest BCUT2D eigenvalue weighted by molar-refractivity contribution is 0.0476. The average Bonchev–Trinajstić information content (AvgIpc) is 3.43. The number of rotatable bonds is 8. The van der Waals surface area contributed by atoms with Crippen molar-refractivity contribution in [3.05, 3.63) is 63.2 Å². The summed E-state index contributed by atoms with van der Waals surface area (Å²) in [5.74, 6) is -1.23. The molecule has 0 bridgehead atoms. The van der Waals surface area contributed by atoms with Crippen LogP contribution < -0.4 is 14.8 Å². The van der Waals surface area contributed by atoms with Crippen molar-refractivity contribution in [2.45, 2.75) is 0 Å². The van der Waals surface area contributed by atoms with Crippen LogP contribution >= 0.6 is 22.9 Å². The van der Waals surface area contributed by atoms with Gasteiger partial charge in [0.1, 0.15) is 0 Å². The molecule has 0 spiro atoms. The van der Waals surface area contributed by atoms with Crippen molar-refractivity contribution < 1.29 is 33.0 Å². The highest BCUT2D eigenvalue weighted by Gasteiger charge is 2.22. The van der Waals surface area contributed by atoms with Crippen LogP contribution in [0.1, 0.15) is 30.6 Å². The van der Waals surface area contributed by atoms with E-state index in [1.807, 2.05) is 0 Å². The van der Waals surface area contributed by atoms with Crippen molar-refractivity contribution in [3.63, 3.8) is 0 Å². The summed E-state index contributed by atoms with van der Waals surface area (Å²) < 4.78 is 21.1. The minimum absolute atomic E-state index is 0.0235. The average molecular weight is 450 g/mol. The number of benzene rings is 1. The van der Waals surface area contributed by atoms with Gasteiger partial charge in [-0.1, -0.05) is 11.6 Å². The van der Waals surface area contributed by atoms with Crippen molar-refractivity contribution in [2.75, 3.05) is 26.1 Å². The fourth-order valence-electron chi connectivity index (χ4n) is 2.49. The Morgan fingerprint density at radius 3 is 2.43 bits per heavy atom. The topological polar surface area (TPSA) is 104 Å². The first-order valence-electron chi connectivity index (χ1n) is 8.49. The molecule has 1 aromatic carbocycles. The zero-order valence-electron chi connectivity index (χ0n) is 15.9. The monoisotopic (exact) mass is 449 g/mol. The number of anilines is 1. The zero-order valence-corrected chi connectivity index (χ0v) is 17.5. The molecule has 156 valence electrons. The van der Waals surface area contributed by atoms with Gasteiger partial charge in [-0.15, -0.1) is 11.3 Å². The molecule has 0 aliphatic rings. The van der Waals surface area contributed by atoms with Gasteiger partial charge >= 0.3 is 5.97 Å². The van der Waals surface area contributed by atoms with Crippen LogP contribution in [0.15, 0.2) is 47.1 Å². The minimum Gasteiger partial charge on any atom is -0.493 e. The molecule has 1 amide bonds. The molecule has 3 aromatic rings. The Morgan fingerprint density at radius 1 is 1.10 bits per heavy atom. The maximum absolute atomic E-state index is 12.7. The molecule has 2 heterocycles. The molecular formula is C20H16ClNO7S. The summed E-state index contributed by atoms with van der Waals surface area (Å²) in [6, 6.07) is 8.93. The van der Waals surface area contributed by atoms with Crippen LogP contribution in [-0.2, 0) is 4.74 Å². The second-order valence-corrected chi connectivity index (χ2v) is 7.50. The number of carbonyl (C=O) groups excluding carboxylic acids is 3. The Hall–Kier alpha value is -3.30. The third-order valence-corrected chi connectivity index (χ3v) is 5.19. The van der Waals surface area contributed by atoms with Gasteiger partial charge in [0.15, 0.2) is 23.9 Å². The Balaban J connectivity index is 1.84. The summed E-state index contributed by atoms with van der Waals surface area (Å²) in [6.45, 7) is -0.490. The number of esters is 1. The number of thiophene rings is 1. The SMILES string of the molecule is COc1cc(NC(=O)c2ccco2)c(C(=O)OCC(=O)c2ccc(Cl)s2)cc1OC. The molecule has 8 nitrogen and oxygen atoms in total. The van der Waals surface area contributed by atoms with E-state index in [1.54, 1.807) is 18.2 Å². The maximum Gasteiger partial charge on any atom is 0.340 e. The van der Waals surface area contributed by atoms with E-state index in [9.17, 15) is 14.4 Å². The summed E-state index contributed by atoms with van der Waals surface area (Å²) in [6.07, 6.45) is 1.35. The molecule has 30 heavy (non-hydrogen) atoms. The van der Waals surface area contributed by atoms with E-state index in [0.717, 1.165) is 11.3 Å². The van der Waals surface area contributed by atoms with E-state index < -0.39 is 24.3 Å². The van der Waals surface area contributed by atoms with Crippen molar-refractivity contribution in [3.8, 4) is 11.5 Å². The lowest BCUT2D eigenvalue weighted by atomic mass is 10.1. The number of furan rings is 1. The fraction of sp³-hybridized carbons (Fsp3) is 0.150. The molecule has 2 aromatic heterocycles. The molecule has 10 heteroatoms. The third-order valence-electron chi connectivity index (χ3n) is 3.92. The van der Waals surface area contributed by atoms with Gasteiger partial charge in [0.25, 0.3) is 5.91 Å². The van der Waals surface area contributed by atoms with E-state index >= 15 is 0 Å². The molecule has 0 unspecified atom stereocenters. The normalized spacial score (nSPS) is 10.4. The molecular weight excluding hydrogens is 434 g/mol. The summed E-state index contributed by atoms with van der Waals surface area (Å²) in [4.78, 5) is 37.6. The standard InChI is InChI=1S/C20H16ClNO7S/c1-26-15-8-11(20(25)29-10-13(23)17-5-6-18(21)30-17)12(9-16(15)27-2)22-19(24)14-4-3-7-28-14/h3-9H,10H2,1-2H3,(H,22,24). The smallest absolute Gasteiger partial charge is 0.340 e. The van der Waals surface area contributed by atoms with E-state index in [0.29, 0.717) is 9.21 Å². The van der Waals surface area contributed by atoms with Crippen molar-refractivity contribution in [1.29, 1.82) is 0 Å². The maximum atomic E-state index is 12.7. The van der Waals surface area contributed by atoms with Crippen LogP contribution in [0.2, 0.25) is 4.34 Å². The molecule has 0 saturated carbocycles. The van der Waals surface area contributed by atoms with Gasteiger partial charge in [0.2, 0.25) is 5.78 Å². The van der Waals surface area contributed by atoms with Gasteiger partial charge in [-0.3, -0.25) is 9.59 Å². The molecule has 0 radical (unpaired) electrons. The van der Waals surface area contributed by atoms with E-state index in [2.05, 4.69) is 5.32 Å². The van der Waals surface area contributed by atoms with Gasteiger partial charge in [-0.2, -0.15) is 0 Å². The Labute approximate surface area is 180 Å². The first kappa shape index (κ1) is 21.4. The molecule has 3 rings (SSSR count). The predicted molar refractivity (Wildman–Crippen MR) is 110 cm³/mol. The van der Waals surface area contributed by atoms with E-state index in [-0.39, 0.29) is 28.5 Å². The van der Waals surface area contributed by atoms with Gasteiger partial charge in [-0.05, 0) is 24.3 Å². The van der Waals surface area contributed by atoms with E-state index in [1.165, 1.54) is 38.7 Å². The van der Waals surface area contributed by atoms with Crippen molar-refractivity contribution >= 4 is 46.3 Å². The van der Waals surface area contributed by atoms with Crippen LogP contribution in [0.4, 0.5) is 5.69 Å². The quantitative estimate of drug-likeness (QED) is 0.403. The number of ketones is 1. The predicted octanol–water partition coefficient (Wildman–Crippen LogP) is 4.30. The number of nitrogens with one attached hydrogen (secondary N) is 1. The largest absolute Gasteiger partial charge is 0.493 e. The molecule has 0 aliphatic heterocycles. The highest BCUT2D eigenvalue weighted by atomic mass is 35.5. The molecule has 0 atom stereocenters. The highest BCUT2D eigenvalue weighted by molar-refractivity contribution is 7.18. The highest BCUT2D eigenvalue weighted by Crippen LogP contribution is 2.34. The van der Waals surface area contributed by atoms with Gasteiger partial charge < -0.3 is 23.9 Å². The Bertz CT molecular complexity index is 1080. The van der Waals surface area contributed by atoms with Crippen LogP contribution in [0.3, 0.4) is 0 Å². The second kappa shape index (κ2) is 9.47. The van der Waals surface area contributed by atoms with Gasteiger partial charge in [0.05, 0.1) is 40.9 Å². The Morgan fingerprint density at radius 2 is 1.83 bits per heavy atom. The summed E-state index contributed by atoms with van der Waals surface area (Å²) >= 11 is 6.91. The summed E-state index contributed by atoms with van der Waals surface area (Å²) in [7, 11) is 2.82. The first-order valence-corrected chi connectivity index (χ1v) is 9.69. The van der Waals surface area contributed by atoms with Crippen LogP contribution in [-0.4, -0.2) is 38.5 Å². The number of amides is 1. The number of methoxy groups -OCH3 is 2. The minimum atomic E-state index is -0.832. The Kier molecular flexibility index (Phi) is 6.76. The summed E-state index contributed by atoms with van der Waals surface area (Å²) in [5.41, 5.74) is 0.0789. The van der Waals surface area contributed by atoms with Crippen LogP contribution in [0, 0.1) is 0 Å².